The summed E-state index contributed by atoms with van der Waals surface area (Å²) in [5.74, 6) is 0.509. The van der Waals surface area contributed by atoms with Crippen LogP contribution in [0.2, 0.25) is 0 Å². The number of fused-ring (bicyclic) bond motifs is 3. The van der Waals surface area contributed by atoms with Crippen LogP contribution in [0.5, 0.6) is 0 Å². The maximum Gasteiger partial charge on any atom is 0.289 e. The summed E-state index contributed by atoms with van der Waals surface area (Å²) in [6.07, 6.45) is 0. The van der Waals surface area contributed by atoms with E-state index in [1.807, 2.05) is 24.0 Å². The fourth-order valence-electron chi connectivity index (χ4n) is 3.56. The molecule has 1 saturated heterocycles. The molecule has 1 amide bonds. The Balaban J connectivity index is 1.73. The molecule has 0 bridgehead atoms. The third-order valence-electron chi connectivity index (χ3n) is 5.13. The van der Waals surface area contributed by atoms with Crippen molar-refractivity contribution in [3.05, 3.63) is 47.7 Å². The number of piperazine rings is 1. The molecule has 0 radical (unpaired) electrons. The number of rotatable bonds is 2. The van der Waals surface area contributed by atoms with Crippen molar-refractivity contribution in [2.24, 2.45) is 0 Å². The Morgan fingerprint density at radius 3 is 2.54 bits per heavy atom. The number of carbonyl (C=O) groups excluding carboxylic acids is 1. The van der Waals surface area contributed by atoms with E-state index in [-0.39, 0.29) is 5.91 Å². The van der Waals surface area contributed by atoms with Crippen LogP contribution in [0.4, 0.5) is 0 Å². The van der Waals surface area contributed by atoms with Crippen molar-refractivity contribution in [3.63, 3.8) is 0 Å². The van der Waals surface area contributed by atoms with Gasteiger partial charge < -0.3 is 14.2 Å². The van der Waals surface area contributed by atoms with Gasteiger partial charge >= 0.3 is 0 Å². The van der Waals surface area contributed by atoms with Gasteiger partial charge in [0.2, 0.25) is 0 Å². The van der Waals surface area contributed by atoms with Crippen LogP contribution in [0.1, 0.15) is 23.0 Å². The summed E-state index contributed by atoms with van der Waals surface area (Å²) in [6, 6.07) is 12.3. The number of carbonyl (C=O) groups is 1. The molecule has 0 saturated carbocycles. The first kappa shape index (κ1) is 15.2. The van der Waals surface area contributed by atoms with Crippen LogP contribution >= 0.6 is 0 Å². The number of hydrogen-bond donors (Lipinski definition) is 0. The fourth-order valence-corrected chi connectivity index (χ4v) is 3.56. The van der Waals surface area contributed by atoms with Crippen molar-refractivity contribution >= 4 is 27.6 Å². The van der Waals surface area contributed by atoms with Crippen LogP contribution in [0, 0.1) is 6.92 Å². The molecule has 1 aliphatic rings. The molecule has 4 nitrogen and oxygen atoms in total. The van der Waals surface area contributed by atoms with E-state index in [9.17, 15) is 4.79 Å². The Bertz CT molecular complexity index is 905. The van der Waals surface area contributed by atoms with Gasteiger partial charge in [0.15, 0.2) is 5.76 Å². The first-order valence-corrected chi connectivity index (χ1v) is 8.61. The van der Waals surface area contributed by atoms with E-state index in [1.54, 1.807) is 0 Å². The van der Waals surface area contributed by atoms with Gasteiger partial charge in [-0.2, -0.15) is 0 Å². The number of amides is 1. The van der Waals surface area contributed by atoms with E-state index in [0.717, 1.165) is 60.0 Å². The number of hydrogen-bond acceptors (Lipinski definition) is 3. The number of aryl methyl sites for hydroxylation is 1. The lowest BCUT2D eigenvalue weighted by Crippen LogP contribution is -2.48. The topological polar surface area (TPSA) is 36.7 Å². The molecule has 4 rings (SSSR count). The molecular formula is C20H22N2O2. The van der Waals surface area contributed by atoms with Crippen LogP contribution in [0.3, 0.4) is 0 Å². The predicted octanol–water partition coefficient (Wildman–Crippen LogP) is 3.67. The van der Waals surface area contributed by atoms with Crippen molar-refractivity contribution in [2.45, 2.75) is 13.8 Å². The minimum absolute atomic E-state index is 0.0172. The van der Waals surface area contributed by atoms with Crippen LogP contribution in [0.15, 0.2) is 40.8 Å². The van der Waals surface area contributed by atoms with Crippen molar-refractivity contribution in [1.82, 2.24) is 9.80 Å². The SMILES string of the molecule is CCN1CCN(C(=O)c2oc3c(ccc4ccccc43)c2C)CC1. The van der Waals surface area contributed by atoms with E-state index >= 15 is 0 Å². The van der Waals surface area contributed by atoms with E-state index in [0.29, 0.717) is 5.76 Å². The van der Waals surface area contributed by atoms with E-state index < -0.39 is 0 Å². The number of furan rings is 1. The summed E-state index contributed by atoms with van der Waals surface area (Å²) in [5.41, 5.74) is 1.76. The second-order valence-corrected chi connectivity index (χ2v) is 6.45. The fraction of sp³-hybridized carbons (Fsp3) is 0.350. The zero-order chi connectivity index (χ0) is 16.7. The average molecular weight is 322 g/mol. The average Bonchev–Trinajstić information content (AvgIpc) is 2.98. The maximum atomic E-state index is 12.9. The second kappa shape index (κ2) is 5.95. The summed E-state index contributed by atoms with van der Waals surface area (Å²) >= 11 is 0. The van der Waals surface area contributed by atoms with Gasteiger partial charge in [0, 0.05) is 42.5 Å². The highest BCUT2D eigenvalue weighted by molar-refractivity contribution is 6.08. The van der Waals surface area contributed by atoms with Gasteiger partial charge in [0.1, 0.15) is 5.58 Å². The zero-order valence-electron chi connectivity index (χ0n) is 14.2. The van der Waals surface area contributed by atoms with Crippen molar-refractivity contribution in [1.29, 1.82) is 0 Å². The Morgan fingerprint density at radius 1 is 1.04 bits per heavy atom. The van der Waals surface area contributed by atoms with Gasteiger partial charge in [-0.15, -0.1) is 0 Å². The first-order valence-electron chi connectivity index (χ1n) is 8.61. The van der Waals surface area contributed by atoms with Gasteiger partial charge in [-0.25, -0.2) is 0 Å². The van der Waals surface area contributed by atoms with Gasteiger partial charge in [0.25, 0.3) is 5.91 Å². The van der Waals surface area contributed by atoms with Crippen LogP contribution in [0.25, 0.3) is 21.7 Å². The quantitative estimate of drug-likeness (QED) is 0.722. The van der Waals surface area contributed by atoms with E-state index in [1.165, 1.54) is 0 Å². The van der Waals surface area contributed by atoms with Crippen molar-refractivity contribution in [3.8, 4) is 0 Å². The highest BCUT2D eigenvalue weighted by Crippen LogP contribution is 2.32. The van der Waals surface area contributed by atoms with Gasteiger partial charge in [-0.05, 0) is 18.9 Å². The Labute approximate surface area is 141 Å². The largest absolute Gasteiger partial charge is 0.450 e. The van der Waals surface area contributed by atoms with Crippen LogP contribution < -0.4 is 0 Å². The van der Waals surface area contributed by atoms with Crippen LogP contribution in [-0.2, 0) is 0 Å². The molecule has 2 heterocycles. The molecule has 4 heteroatoms. The molecule has 1 fully saturated rings. The Hall–Kier alpha value is -2.33. The molecule has 124 valence electrons. The molecule has 0 spiro atoms. The summed E-state index contributed by atoms with van der Waals surface area (Å²) in [7, 11) is 0. The molecule has 2 aromatic carbocycles. The van der Waals surface area contributed by atoms with Gasteiger partial charge in [-0.3, -0.25) is 4.79 Å². The number of nitrogens with zero attached hydrogens (tertiary/aromatic N) is 2. The number of likely N-dealkylation sites (N-methyl/N-ethyl adjacent to an activating group) is 1. The molecule has 3 aromatic rings. The Morgan fingerprint density at radius 2 is 1.79 bits per heavy atom. The highest BCUT2D eigenvalue weighted by atomic mass is 16.3. The minimum atomic E-state index is 0.0172. The van der Waals surface area contributed by atoms with Crippen molar-refractivity contribution < 1.29 is 9.21 Å². The molecule has 0 aliphatic carbocycles. The third-order valence-corrected chi connectivity index (χ3v) is 5.13. The van der Waals surface area contributed by atoms with Crippen molar-refractivity contribution in [2.75, 3.05) is 32.7 Å². The summed E-state index contributed by atoms with van der Waals surface area (Å²) < 4.78 is 6.08. The molecule has 0 N–H and O–H groups in total. The molecular weight excluding hydrogens is 300 g/mol. The van der Waals surface area contributed by atoms with E-state index in [4.69, 9.17) is 4.42 Å². The second-order valence-electron chi connectivity index (χ2n) is 6.45. The lowest BCUT2D eigenvalue weighted by molar-refractivity contribution is 0.0614. The van der Waals surface area contributed by atoms with Gasteiger partial charge in [-0.1, -0.05) is 43.3 Å². The lowest BCUT2D eigenvalue weighted by atomic mass is 10.1. The summed E-state index contributed by atoms with van der Waals surface area (Å²) in [6.45, 7) is 8.59. The molecule has 0 atom stereocenters. The number of benzene rings is 2. The summed E-state index contributed by atoms with van der Waals surface area (Å²) in [5, 5.41) is 3.23. The lowest BCUT2D eigenvalue weighted by Gasteiger charge is -2.33. The maximum absolute atomic E-state index is 12.9. The first-order chi connectivity index (χ1) is 11.7. The smallest absolute Gasteiger partial charge is 0.289 e. The van der Waals surface area contributed by atoms with Crippen LogP contribution in [-0.4, -0.2) is 48.4 Å². The van der Waals surface area contributed by atoms with Gasteiger partial charge in [0.05, 0.1) is 0 Å². The third kappa shape index (κ3) is 2.38. The standard InChI is InChI=1S/C20H22N2O2/c1-3-21-10-12-22(13-11-21)20(23)18-14(2)16-9-8-15-6-4-5-7-17(15)19(16)24-18/h4-9H,3,10-13H2,1-2H3. The monoisotopic (exact) mass is 322 g/mol. The normalized spacial score (nSPS) is 16.2. The summed E-state index contributed by atoms with van der Waals surface area (Å²) in [4.78, 5) is 17.2. The molecule has 1 aliphatic heterocycles. The molecule has 1 aromatic heterocycles. The molecule has 0 unspecified atom stereocenters. The highest BCUT2D eigenvalue weighted by Gasteiger charge is 2.26. The van der Waals surface area contributed by atoms with E-state index in [2.05, 4.69) is 36.1 Å². The zero-order valence-corrected chi connectivity index (χ0v) is 14.2. The molecule has 24 heavy (non-hydrogen) atoms. The predicted molar refractivity (Wildman–Crippen MR) is 96.5 cm³/mol. The Kier molecular flexibility index (Phi) is 3.77. The minimum Gasteiger partial charge on any atom is -0.450 e.